The van der Waals surface area contributed by atoms with Crippen molar-refractivity contribution < 1.29 is 0 Å². The lowest BCUT2D eigenvalue weighted by molar-refractivity contribution is -0.249. The van der Waals surface area contributed by atoms with Crippen LogP contribution in [0.25, 0.3) is 0 Å². The highest BCUT2D eigenvalue weighted by Gasteiger charge is 2.68. The van der Waals surface area contributed by atoms with E-state index < -0.39 is 0 Å². The Morgan fingerprint density at radius 2 is 1.39 bits per heavy atom. The highest BCUT2D eigenvalue weighted by atomic mass is 14.7. The van der Waals surface area contributed by atoms with Crippen molar-refractivity contribution in [3.63, 3.8) is 0 Å². The fourth-order valence-electron chi connectivity index (χ4n) is 14.8. The van der Waals surface area contributed by atoms with E-state index in [0.717, 1.165) is 71.0 Å². The van der Waals surface area contributed by atoms with Crippen molar-refractivity contribution in [2.24, 2.45) is 92.7 Å². The van der Waals surface area contributed by atoms with Gasteiger partial charge in [0, 0.05) is 0 Å². The molecule has 0 nitrogen and oxygen atoms in total. The summed E-state index contributed by atoms with van der Waals surface area (Å²) >= 11 is 0. The molecule has 0 aromatic rings. The minimum atomic E-state index is 0.454. The normalized spacial score (nSPS) is 55.2. The summed E-state index contributed by atoms with van der Waals surface area (Å²) in [6, 6.07) is 0. The molecule has 0 radical (unpaired) electrons. The number of hydrogen-bond acceptors (Lipinski definition) is 0. The van der Waals surface area contributed by atoms with E-state index in [1.807, 2.05) is 0 Å². The average molecular weight is 525 g/mol. The molecule has 5 aliphatic rings. The Morgan fingerprint density at radius 3 is 2.00 bits per heavy atom. The molecule has 0 N–H and O–H groups in total. The molecule has 5 rings (SSSR count). The Kier molecular flexibility index (Phi) is 7.59. The van der Waals surface area contributed by atoms with Gasteiger partial charge in [-0.25, -0.2) is 0 Å². The van der Waals surface area contributed by atoms with E-state index >= 15 is 0 Å². The van der Waals surface area contributed by atoms with Gasteiger partial charge in [0.15, 0.2) is 0 Å². The monoisotopic (exact) mass is 525 g/mol. The lowest BCUT2D eigenvalue weighted by atomic mass is 9.31. The first-order chi connectivity index (χ1) is 17.6. The predicted molar refractivity (Wildman–Crippen MR) is 166 cm³/mol. The molecule has 0 aromatic carbocycles. The third kappa shape index (κ3) is 4.24. The molecular weight excluding hydrogens is 456 g/mol. The molecule has 0 amide bonds. The van der Waals surface area contributed by atoms with Gasteiger partial charge < -0.3 is 0 Å². The standard InChI is InChI=1S/C38H68/c1-23(2)30-16-15-24(3)33-27(6)34-29(8)38(12)28(7)32(25(4)19-35(9)17-13-14-18-35)26(5)20-37(38,11)22-36(34,10)21-31(30)33/h23-34H,13-22H2,1-12H3. The molecule has 0 saturated heterocycles. The number of hydrogen-bond donors (Lipinski definition) is 0. The van der Waals surface area contributed by atoms with Gasteiger partial charge in [0.1, 0.15) is 0 Å². The molecule has 5 fully saturated rings. The van der Waals surface area contributed by atoms with Crippen molar-refractivity contribution >= 4 is 0 Å². The predicted octanol–water partition coefficient (Wildman–Crippen LogP) is 11.5. The van der Waals surface area contributed by atoms with Crippen molar-refractivity contribution in [1.29, 1.82) is 0 Å². The maximum absolute atomic E-state index is 2.82. The second-order valence-corrected chi connectivity index (χ2v) is 18.5. The Morgan fingerprint density at radius 1 is 0.763 bits per heavy atom. The van der Waals surface area contributed by atoms with E-state index in [2.05, 4.69) is 83.1 Å². The molecule has 0 spiro atoms. The smallest absolute Gasteiger partial charge is 0.0215 e. The van der Waals surface area contributed by atoms with E-state index in [9.17, 15) is 0 Å². The van der Waals surface area contributed by atoms with Crippen molar-refractivity contribution in [2.45, 2.75) is 147 Å². The summed E-state index contributed by atoms with van der Waals surface area (Å²) in [5, 5.41) is 0. The maximum Gasteiger partial charge on any atom is -0.0215 e. The van der Waals surface area contributed by atoms with Gasteiger partial charge in [0.2, 0.25) is 0 Å². The summed E-state index contributed by atoms with van der Waals surface area (Å²) < 4.78 is 0. The lowest BCUT2D eigenvalue weighted by Gasteiger charge is -2.73. The van der Waals surface area contributed by atoms with Crippen molar-refractivity contribution in [3.8, 4) is 0 Å². The second-order valence-electron chi connectivity index (χ2n) is 18.5. The minimum Gasteiger partial charge on any atom is -0.0625 e. The molecule has 0 aliphatic heterocycles. The van der Waals surface area contributed by atoms with E-state index in [1.54, 1.807) is 0 Å². The van der Waals surface area contributed by atoms with Gasteiger partial charge in [0.25, 0.3) is 0 Å². The summed E-state index contributed by atoms with van der Waals surface area (Å²) in [6.45, 7) is 32.4. The molecule has 0 heterocycles. The fraction of sp³-hybridized carbons (Fsp3) is 1.00. The van der Waals surface area contributed by atoms with Crippen LogP contribution in [-0.2, 0) is 0 Å². The van der Waals surface area contributed by atoms with Crippen LogP contribution in [0.4, 0.5) is 0 Å². The Balaban J connectivity index is 1.48. The maximum atomic E-state index is 2.82. The van der Waals surface area contributed by atoms with E-state index in [4.69, 9.17) is 0 Å². The summed E-state index contributed by atoms with van der Waals surface area (Å²) in [7, 11) is 0. The Bertz CT molecular complexity index is 848. The molecule has 5 aliphatic carbocycles. The highest BCUT2D eigenvalue weighted by molar-refractivity contribution is 5.17. The minimum absolute atomic E-state index is 0.454. The van der Waals surface area contributed by atoms with Crippen LogP contribution in [0.1, 0.15) is 147 Å². The Hall–Kier alpha value is 0. The highest BCUT2D eigenvalue weighted by Crippen LogP contribution is 2.75. The molecule has 5 saturated carbocycles. The van der Waals surface area contributed by atoms with Crippen molar-refractivity contribution in [1.82, 2.24) is 0 Å². The van der Waals surface area contributed by atoms with Crippen LogP contribution in [0.3, 0.4) is 0 Å². The number of fused-ring (bicyclic) bond motifs is 3. The molecule has 14 unspecified atom stereocenters. The van der Waals surface area contributed by atoms with Crippen molar-refractivity contribution in [3.05, 3.63) is 0 Å². The summed E-state index contributed by atoms with van der Waals surface area (Å²) in [5.74, 6) is 10.7. The van der Waals surface area contributed by atoms with Gasteiger partial charge in [-0.3, -0.25) is 0 Å². The first-order valence-corrected chi connectivity index (χ1v) is 17.6. The zero-order valence-corrected chi connectivity index (χ0v) is 28.0. The zero-order chi connectivity index (χ0) is 28.0. The summed E-state index contributed by atoms with van der Waals surface area (Å²) in [6.07, 6.45) is 14.8. The van der Waals surface area contributed by atoms with Crippen LogP contribution in [0.15, 0.2) is 0 Å². The van der Waals surface area contributed by atoms with Crippen LogP contribution >= 0.6 is 0 Å². The van der Waals surface area contributed by atoms with Crippen LogP contribution in [0.5, 0.6) is 0 Å². The topological polar surface area (TPSA) is 0 Å². The third-order valence-corrected chi connectivity index (χ3v) is 16.0. The fourth-order valence-corrected chi connectivity index (χ4v) is 14.8. The lowest BCUT2D eigenvalue weighted by Crippen LogP contribution is -2.67. The van der Waals surface area contributed by atoms with Gasteiger partial charge in [-0.1, -0.05) is 102 Å². The second kappa shape index (κ2) is 9.79. The largest absolute Gasteiger partial charge is 0.0625 e. The molecule has 0 heteroatoms. The van der Waals surface area contributed by atoms with Crippen LogP contribution < -0.4 is 0 Å². The summed E-state index contributed by atoms with van der Waals surface area (Å²) in [4.78, 5) is 0. The van der Waals surface area contributed by atoms with Crippen LogP contribution in [0.2, 0.25) is 0 Å². The quantitative estimate of drug-likeness (QED) is 0.343. The molecule has 14 atom stereocenters. The van der Waals surface area contributed by atoms with E-state index in [-0.39, 0.29) is 0 Å². The van der Waals surface area contributed by atoms with E-state index in [0.29, 0.717) is 21.7 Å². The van der Waals surface area contributed by atoms with E-state index in [1.165, 1.54) is 64.2 Å². The first-order valence-electron chi connectivity index (χ1n) is 17.6. The molecule has 0 bridgehead atoms. The number of rotatable bonds is 4. The average Bonchev–Trinajstić information content (AvgIpc) is 3.21. The Labute approximate surface area is 239 Å². The molecule has 0 aromatic heterocycles. The first kappa shape index (κ1) is 29.5. The molecular formula is C38H68. The SMILES string of the molecule is CC(C)C1CCC(C)C2C(C)C3C(C)C4(C)C(C)C(C(C)CC5(C)CCCC5)C(C)CC4(C)CC3(C)CC12. The molecule has 220 valence electrons. The summed E-state index contributed by atoms with van der Waals surface area (Å²) in [5.41, 5.74) is 2.07. The van der Waals surface area contributed by atoms with Gasteiger partial charge in [0.05, 0.1) is 0 Å². The van der Waals surface area contributed by atoms with Gasteiger partial charge >= 0.3 is 0 Å². The third-order valence-electron chi connectivity index (χ3n) is 16.0. The van der Waals surface area contributed by atoms with Gasteiger partial charge in [-0.15, -0.1) is 0 Å². The van der Waals surface area contributed by atoms with Crippen LogP contribution in [-0.4, -0.2) is 0 Å². The van der Waals surface area contributed by atoms with Crippen LogP contribution in [0, 0.1) is 92.7 Å². The van der Waals surface area contributed by atoms with Gasteiger partial charge in [-0.2, -0.15) is 0 Å². The van der Waals surface area contributed by atoms with Gasteiger partial charge in [-0.05, 0) is 138 Å². The molecule has 38 heavy (non-hydrogen) atoms. The van der Waals surface area contributed by atoms with Crippen molar-refractivity contribution in [2.75, 3.05) is 0 Å². The zero-order valence-electron chi connectivity index (χ0n) is 28.0.